The lowest BCUT2D eigenvalue weighted by molar-refractivity contribution is 0.0557. The highest BCUT2D eigenvalue weighted by Gasteiger charge is 2.31. The van der Waals surface area contributed by atoms with E-state index in [1.54, 1.807) is 26.8 Å². The number of benzene rings is 2. The third-order valence-corrected chi connectivity index (χ3v) is 5.63. The monoisotopic (exact) mass is 420 g/mol. The van der Waals surface area contributed by atoms with Gasteiger partial charge < -0.3 is 19.0 Å². The Hall–Kier alpha value is -3.38. The van der Waals surface area contributed by atoms with Crippen molar-refractivity contribution in [3.05, 3.63) is 64.2 Å². The summed E-state index contributed by atoms with van der Waals surface area (Å²) in [4.78, 5) is 25.7. The third kappa shape index (κ3) is 3.43. The van der Waals surface area contributed by atoms with Crippen molar-refractivity contribution in [3.8, 4) is 16.9 Å². The maximum absolute atomic E-state index is 13.3. The molecule has 0 aliphatic heterocycles. The van der Waals surface area contributed by atoms with Gasteiger partial charge in [-0.05, 0) is 31.9 Å². The molecule has 0 radical (unpaired) electrons. The number of furan rings is 1. The molecular weight excluding hydrogens is 396 g/mol. The minimum absolute atomic E-state index is 0.0263. The number of hydrogen-bond acceptors (Lipinski definition) is 6. The lowest BCUT2D eigenvalue weighted by Gasteiger charge is -2.14. The maximum atomic E-state index is 13.3. The average molecular weight is 420 g/mol. The van der Waals surface area contributed by atoms with Crippen LogP contribution in [0.25, 0.3) is 33.1 Å². The van der Waals surface area contributed by atoms with Gasteiger partial charge in [0.1, 0.15) is 22.7 Å². The Labute approximate surface area is 178 Å². The molecule has 1 unspecified atom stereocenters. The van der Waals surface area contributed by atoms with Gasteiger partial charge >= 0.3 is 5.63 Å². The summed E-state index contributed by atoms with van der Waals surface area (Å²) in [6, 6.07) is 12.0. The van der Waals surface area contributed by atoms with Crippen LogP contribution in [-0.2, 0) is 5.60 Å². The Balaban J connectivity index is 2.23. The number of ketones is 1. The summed E-state index contributed by atoms with van der Waals surface area (Å²) in [5.41, 5.74) is -0.551. The van der Waals surface area contributed by atoms with Crippen LogP contribution in [0.2, 0.25) is 0 Å². The van der Waals surface area contributed by atoms with Gasteiger partial charge in [0.05, 0.1) is 10.8 Å². The predicted octanol–water partition coefficient (Wildman–Crippen LogP) is 5.37. The summed E-state index contributed by atoms with van der Waals surface area (Å²) in [5, 5.41) is 22.4. The molecule has 0 bridgehead atoms. The minimum Gasteiger partial charge on any atom is -0.506 e. The SMILES string of the molecule is CCC(C)C(=O)c1c(O)c2c(-c3ccccc3)cc(=O)oc2c2cc(C(C)(C)O)oc12. The zero-order chi connectivity index (χ0) is 22.5. The van der Waals surface area contributed by atoms with Crippen molar-refractivity contribution in [2.45, 2.75) is 39.7 Å². The second-order valence-corrected chi connectivity index (χ2v) is 8.36. The molecule has 2 aromatic carbocycles. The second-order valence-electron chi connectivity index (χ2n) is 8.36. The van der Waals surface area contributed by atoms with E-state index in [0.29, 0.717) is 22.9 Å². The molecule has 0 aliphatic rings. The fourth-order valence-electron chi connectivity index (χ4n) is 3.70. The molecule has 0 amide bonds. The first-order valence-corrected chi connectivity index (χ1v) is 10.2. The standard InChI is InChI=1S/C25H24O6/c1-5-13(2)21(27)20-22(28)19-15(14-9-7-6-8-10-14)12-18(26)31-23(19)16-11-17(25(3,4)29)30-24(16)20/h6-13,28-29H,5H2,1-4H3. The highest BCUT2D eigenvalue weighted by molar-refractivity contribution is 6.20. The predicted molar refractivity (Wildman–Crippen MR) is 118 cm³/mol. The van der Waals surface area contributed by atoms with Crippen LogP contribution in [0.4, 0.5) is 0 Å². The van der Waals surface area contributed by atoms with Crippen LogP contribution >= 0.6 is 0 Å². The first kappa shape index (κ1) is 20.9. The van der Waals surface area contributed by atoms with E-state index in [9.17, 15) is 19.8 Å². The first-order valence-electron chi connectivity index (χ1n) is 10.2. The number of Topliss-reactive ketones (excluding diaryl/α,β-unsaturated/α-hetero) is 1. The highest BCUT2D eigenvalue weighted by atomic mass is 16.4. The molecule has 160 valence electrons. The Bertz CT molecular complexity index is 1350. The van der Waals surface area contributed by atoms with Gasteiger partial charge in [0.2, 0.25) is 0 Å². The summed E-state index contributed by atoms with van der Waals surface area (Å²) in [6.07, 6.45) is 0.576. The summed E-state index contributed by atoms with van der Waals surface area (Å²) >= 11 is 0. The smallest absolute Gasteiger partial charge is 0.336 e. The van der Waals surface area contributed by atoms with Gasteiger partial charge in [-0.3, -0.25) is 4.79 Å². The molecule has 0 saturated carbocycles. The van der Waals surface area contributed by atoms with Crippen LogP contribution in [0.5, 0.6) is 5.75 Å². The number of carbonyl (C=O) groups excluding carboxylic acids is 1. The highest BCUT2D eigenvalue weighted by Crippen LogP contribution is 2.44. The molecule has 2 aromatic heterocycles. The third-order valence-electron chi connectivity index (χ3n) is 5.63. The van der Waals surface area contributed by atoms with Crippen LogP contribution in [0, 0.1) is 5.92 Å². The molecule has 4 aromatic rings. The van der Waals surface area contributed by atoms with Crippen molar-refractivity contribution in [1.82, 2.24) is 0 Å². The lowest BCUT2D eigenvalue weighted by atomic mass is 9.91. The number of rotatable bonds is 5. The minimum atomic E-state index is -1.34. The molecule has 1 atom stereocenters. The molecule has 0 saturated heterocycles. The number of aromatic hydroxyl groups is 1. The second kappa shape index (κ2) is 7.39. The fourth-order valence-corrected chi connectivity index (χ4v) is 3.70. The molecular formula is C25H24O6. The number of phenolic OH excluding ortho intramolecular Hbond substituents is 1. The molecule has 0 aliphatic carbocycles. The number of hydrogen-bond donors (Lipinski definition) is 2. The van der Waals surface area contributed by atoms with Crippen molar-refractivity contribution >= 4 is 27.7 Å². The molecule has 6 heteroatoms. The quantitative estimate of drug-likeness (QED) is 0.333. The molecule has 4 rings (SSSR count). The Morgan fingerprint density at radius 1 is 1.10 bits per heavy atom. The summed E-state index contributed by atoms with van der Waals surface area (Å²) < 4.78 is 11.4. The first-order chi connectivity index (χ1) is 14.6. The normalized spacial score (nSPS) is 13.1. The van der Waals surface area contributed by atoms with Crippen molar-refractivity contribution in [3.63, 3.8) is 0 Å². The van der Waals surface area contributed by atoms with Crippen LogP contribution in [0.15, 0.2) is 56.1 Å². The van der Waals surface area contributed by atoms with Crippen molar-refractivity contribution in [2.24, 2.45) is 5.92 Å². The van der Waals surface area contributed by atoms with Gasteiger partial charge in [-0.1, -0.05) is 44.2 Å². The molecule has 2 heterocycles. The van der Waals surface area contributed by atoms with E-state index in [-0.39, 0.29) is 45.3 Å². The number of aliphatic hydroxyl groups is 1. The van der Waals surface area contributed by atoms with Crippen LogP contribution < -0.4 is 5.63 Å². The van der Waals surface area contributed by atoms with E-state index < -0.39 is 11.2 Å². The summed E-state index contributed by atoms with van der Waals surface area (Å²) in [7, 11) is 0. The van der Waals surface area contributed by atoms with Crippen LogP contribution in [-0.4, -0.2) is 16.0 Å². The zero-order valence-electron chi connectivity index (χ0n) is 17.9. The average Bonchev–Trinajstić information content (AvgIpc) is 3.19. The summed E-state index contributed by atoms with van der Waals surface area (Å²) in [5.74, 6) is -0.751. The van der Waals surface area contributed by atoms with Gasteiger partial charge in [-0.25, -0.2) is 4.79 Å². The largest absolute Gasteiger partial charge is 0.506 e. The number of carbonyl (C=O) groups is 1. The Morgan fingerprint density at radius 2 is 1.77 bits per heavy atom. The lowest BCUT2D eigenvalue weighted by Crippen LogP contribution is -2.14. The maximum Gasteiger partial charge on any atom is 0.336 e. The van der Waals surface area contributed by atoms with Crippen molar-refractivity contribution < 1.29 is 23.8 Å². The van der Waals surface area contributed by atoms with E-state index in [1.807, 2.05) is 37.3 Å². The van der Waals surface area contributed by atoms with E-state index >= 15 is 0 Å². The molecule has 0 spiro atoms. The molecule has 6 nitrogen and oxygen atoms in total. The van der Waals surface area contributed by atoms with Gasteiger partial charge in [-0.15, -0.1) is 0 Å². The molecule has 31 heavy (non-hydrogen) atoms. The van der Waals surface area contributed by atoms with Crippen LogP contribution in [0.1, 0.15) is 50.2 Å². The topological polar surface area (TPSA) is 101 Å². The van der Waals surface area contributed by atoms with Gasteiger partial charge in [0.25, 0.3) is 0 Å². The van der Waals surface area contributed by atoms with Gasteiger partial charge in [-0.2, -0.15) is 0 Å². The van der Waals surface area contributed by atoms with Gasteiger partial charge in [0, 0.05) is 17.5 Å². The van der Waals surface area contributed by atoms with E-state index in [0.717, 1.165) is 0 Å². The summed E-state index contributed by atoms with van der Waals surface area (Å²) in [6.45, 7) is 6.76. The van der Waals surface area contributed by atoms with Crippen molar-refractivity contribution in [2.75, 3.05) is 0 Å². The van der Waals surface area contributed by atoms with E-state index in [2.05, 4.69) is 0 Å². The Kier molecular flexibility index (Phi) is 4.98. The molecule has 2 N–H and O–H groups in total. The number of phenols is 1. The van der Waals surface area contributed by atoms with Crippen LogP contribution in [0.3, 0.4) is 0 Å². The number of fused-ring (bicyclic) bond motifs is 3. The fraction of sp³-hybridized carbons (Fsp3) is 0.280. The zero-order valence-corrected chi connectivity index (χ0v) is 17.9. The molecule has 0 fully saturated rings. The van der Waals surface area contributed by atoms with Gasteiger partial charge in [0.15, 0.2) is 16.9 Å². The van der Waals surface area contributed by atoms with Crippen molar-refractivity contribution in [1.29, 1.82) is 0 Å². The van der Waals surface area contributed by atoms with E-state index in [4.69, 9.17) is 8.83 Å². The van der Waals surface area contributed by atoms with E-state index in [1.165, 1.54) is 6.07 Å². The Morgan fingerprint density at radius 3 is 2.39 bits per heavy atom.